The van der Waals surface area contributed by atoms with Crippen molar-refractivity contribution in [2.45, 2.75) is 63.8 Å². The predicted octanol–water partition coefficient (Wildman–Crippen LogP) is 3.13. The zero-order valence-electron chi connectivity index (χ0n) is 12.9. The van der Waals surface area contributed by atoms with Crippen molar-refractivity contribution >= 4 is 23.6 Å². The van der Waals surface area contributed by atoms with Crippen LogP contribution >= 0.6 is 11.8 Å². The molecule has 0 saturated carbocycles. The number of amides is 2. The highest BCUT2D eigenvalue weighted by Crippen LogP contribution is 2.33. The third kappa shape index (κ3) is 5.99. The summed E-state index contributed by atoms with van der Waals surface area (Å²) in [6.45, 7) is 11.6. The van der Waals surface area contributed by atoms with Gasteiger partial charge < -0.3 is 15.4 Å². The van der Waals surface area contributed by atoms with Crippen molar-refractivity contribution in [3.8, 4) is 0 Å². The topological polar surface area (TPSA) is 58.2 Å². The number of hydrogen-bond acceptors (Lipinski definition) is 3. The van der Waals surface area contributed by atoms with Crippen molar-refractivity contribution in [1.29, 1.82) is 0 Å². The molecule has 2 N–H and O–H groups in total. The molecule has 0 radical (unpaired) electrons. The molecule has 2 aliphatic rings. The maximum Gasteiger partial charge on any atom is 0.315 e. The Morgan fingerprint density at radius 3 is 2.55 bits per heavy atom. The standard InChI is InChI=1S/C11H18N2O2S.C2H6.C2H4/c1-7(14)4-2-3-5-9-10-8(6-16-9)12-11(15)13-10;2*1-2/h8-10H,2-6H2,1H3,(H2,12,13,15);1-2H3;1-2H2/t8?,9-,10?;;/m0../s1. The van der Waals surface area contributed by atoms with Gasteiger partial charge in [-0.15, -0.1) is 13.2 Å². The molecule has 20 heavy (non-hydrogen) atoms. The second-order valence-corrected chi connectivity index (χ2v) is 5.84. The molecule has 0 bridgehead atoms. The number of unbranched alkanes of at least 4 members (excludes halogenated alkanes) is 1. The molecule has 0 aromatic carbocycles. The summed E-state index contributed by atoms with van der Waals surface area (Å²) in [4.78, 5) is 21.9. The van der Waals surface area contributed by atoms with Gasteiger partial charge in [0, 0.05) is 17.4 Å². The quantitative estimate of drug-likeness (QED) is 0.466. The van der Waals surface area contributed by atoms with Crippen molar-refractivity contribution in [3.63, 3.8) is 0 Å². The van der Waals surface area contributed by atoms with Crippen LogP contribution in [0.3, 0.4) is 0 Å². The highest BCUT2D eigenvalue weighted by molar-refractivity contribution is 8.00. The highest BCUT2D eigenvalue weighted by atomic mass is 32.2. The number of fused-ring (bicyclic) bond motifs is 1. The minimum atomic E-state index is -0.0240. The van der Waals surface area contributed by atoms with Crippen molar-refractivity contribution in [1.82, 2.24) is 10.6 Å². The monoisotopic (exact) mass is 300 g/mol. The minimum Gasteiger partial charge on any atom is -0.332 e. The summed E-state index contributed by atoms with van der Waals surface area (Å²) in [5.41, 5.74) is 0. The fraction of sp³-hybridized carbons (Fsp3) is 0.733. The predicted molar refractivity (Wildman–Crippen MR) is 87.2 cm³/mol. The van der Waals surface area contributed by atoms with Gasteiger partial charge in [0.2, 0.25) is 0 Å². The molecule has 2 aliphatic heterocycles. The SMILES string of the molecule is C=C.CC.CC(=O)CCCC[C@@H]1SCC2NC(=O)NC21. The van der Waals surface area contributed by atoms with Gasteiger partial charge in [-0.25, -0.2) is 4.79 Å². The van der Waals surface area contributed by atoms with Gasteiger partial charge in [0.25, 0.3) is 0 Å². The van der Waals surface area contributed by atoms with E-state index in [1.807, 2.05) is 25.6 Å². The Morgan fingerprint density at radius 1 is 1.30 bits per heavy atom. The van der Waals surface area contributed by atoms with E-state index < -0.39 is 0 Å². The number of thioether (sulfide) groups is 1. The van der Waals surface area contributed by atoms with Gasteiger partial charge in [-0.05, 0) is 19.8 Å². The van der Waals surface area contributed by atoms with Crippen LogP contribution in [0, 0.1) is 0 Å². The van der Waals surface area contributed by atoms with E-state index in [1.165, 1.54) is 0 Å². The van der Waals surface area contributed by atoms with Crippen LogP contribution in [0.15, 0.2) is 13.2 Å². The van der Waals surface area contributed by atoms with Gasteiger partial charge >= 0.3 is 6.03 Å². The average molecular weight is 300 g/mol. The van der Waals surface area contributed by atoms with Crippen LogP contribution in [0.5, 0.6) is 0 Å². The summed E-state index contributed by atoms with van der Waals surface area (Å²) < 4.78 is 0. The van der Waals surface area contributed by atoms with Crippen molar-refractivity contribution in [3.05, 3.63) is 13.2 Å². The number of carbonyl (C=O) groups is 2. The molecule has 5 heteroatoms. The van der Waals surface area contributed by atoms with E-state index in [-0.39, 0.29) is 11.8 Å². The summed E-state index contributed by atoms with van der Waals surface area (Å²) >= 11 is 1.93. The van der Waals surface area contributed by atoms with Gasteiger partial charge in [-0.2, -0.15) is 11.8 Å². The Kier molecular flexibility index (Phi) is 10.3. The van der Waals surface area contributed by atoms with E-state index in [4.69, 9.17) is 0 Å². The molecule has 2 rings (SSSR count). The highest BCUT2D eigenvalue weighted by Gasteiger charge is 2.42. The lowest BCUT2D eigenvalue weighted by molar-refractivity contribution is -0.117. The molecule has 4 nitrogen and oxygen atoms in total. The minimum absolute atomic E-state index is 0.0240. The molecule has 2 fully saturated rings. The van der Waals surface area contributed by atoms with Crippen LogP contribution in [-0.2, 0) is 4.79 Å². The summed E-state index contributed by atoms with van der Waals surface area (Å²) in [5, 5.41) is 6.43. The molecule has 0 aromatic rings. The van der Waals surface area contributed by atoms with E-state index in [9.17, 15) is 9.59 Å². The Bertz CT molecular complexity index is 310. The third-order valence-electron chi connectivity index (χ3n) is 3.21. The van der Waals surface area contributed by atoms with Crippen molar-refractivity contribution in [2.75, 3.05) is 5.75 Å². The van der Waals surface area contributed by atoms with E-state index in [0.717, 1.165) is 25.0 Å². The molecule has 3 atom stereocenters. The fourth-order valence-corrected chi connectivity index (χ4v) is 3.91. The lowest BCUT2D eigenvalue weighted by Crippen LogP contribution is -2.36. The van der Waals surface area contributed by atoms with E-state index in [0.29, 0.717) is 23.8 Å². The molecular weight excluding hydrogens is 272 g/mol. The molecule has 116 valence electrons. The number of hydrogen-bond donors (Lipinski definition) is 2. The van der Waals surface area contributed by atoms with Crippen molar-refractivity contribution < 1.29 is 9.59 Å². The first kappa shape index (κ1) is 19.0. The molecule has 2 amide bonds. The molecule has 0 aliphatic carbocycles. The number of rotatable bonds is 5. The molecule has 0 spiro atoms. The van der Waals surface area contributed by atoms with Gasteiger partial charge in [-0.1, -0.05) is 20.3 Å². The number of ketones is 1. The van der Waals surface area contributed by atoms with Crippen LogP contribution in [0.25, 0.3) is 0 Å². The molecule has 2 heterocycles. The van der Waals surface area contributed by atoms with E-state index >= 15 is 0 Å². The number of urea groups is 1. The first-order valence-electron chi connectivity index (χ1n) is 7.35. The first-order chi connectivity index (χ1) is 9.66. The number of nitrogens with one attached hydrogen (secondary N) is 2. The fourth-order valence-electron chi connectivity index (χ4n) is 2.36. The second kappa shape index (κ2) is 10.8. The lowest BCUT2D eigenvalue weighted by Gasteiger charge is -2.16. The van der Waals surface area contributed by atoms with Crippen LogP contribution in [0.4, 0.5) is 4.79 Å². The molecule has 0 aromatic heterocycles. The first-order valence-corrected chi connectivity index (χ1v) is 8.40. The van der Waals surface area contributed by atoms with Gasteiger partial charge in [0.15, 0.2) is 0 Å². The number of carbonyl (C=O) groups excluding carboxylic acids is 2. The average Bonchev–Trinajstić information content (AvgIpc) is 2.99. The van der Waals surface area contributed by atoms with Crippen LogP contribution in [-0.4, -0.2) is 34.9 Å². The van der Waals surface area contributed by atoms with Gasteiger partial charge in [0.1, 0.15) is 5.78 Å². The van der Waals surface area contributed by atoms with Crippen LogP contribution < -0.4 is 10.6 Å². The Hall–Kier alpha value is -0.970. The van der Waals surface area contributed by atoms with Gasteiger partial charge in [0.05, 0.1) is 12.1 Å². The smallest absolute Gasteiger partial charge is 0.315 e. The summed E-state index contributed by atoms with van der Waals surface area (Å²) in [6.07, 6.45) is 3.85. The van der Waals surface area contributed by atoms with Crippen LogP contribution in [0.1, 0.15) is 46.5 Å². The van der Waals surface area contributed by atoms with Crippen molar-refractivity contribution in [2.24, 2.45) is 0 Å². The summed E-state index contributed by atoms with van der Waals surface area (Å²) in [6, 6.07) is 0.592. The third-order valence-corrected chi connectivity index (χ3v) is 4.71. The maximum atomic E-state index is 11.1. The van der Waals surface area contributed by atoms with Gasteiger partial charge in [-0.3, -0.25) is 0 Å². The maximum absolute atomic E-state index is 11.1. The number of Topliss-reactive ketones (excluding diaryl/α,β-unsaturated/α-hetero) is 1. The summed E-state index contributed by atoms with van der Waals surface area (Å²) in [7, 11) is 0. The molecule has 2 unspecified atom stereocenters. The Balaban J connectivity index is 0.000000829. The Labute approximate surface area is 127 Å². The van der Waals surface area contributed by atoms with E-state index in [2.05, 4.69) is 23.8 Å². The normalized spacial score (nSPS) is 26.1. The second-order valence-electron chi connectivity index (χ2n) is 4.57. The van der Waals surface area contributed by atoms with E-state index in [1.54, 1.807) is 6.92 Å². The zero-order valence-corrected chi connectivity index (χ0v) is 13.7. The zero-order chi connectivity index (χ0) is 15.5. The molecular formula is C15H28N2O2S. The Morgan fingerprint density at radius 2 is 1.95 bits per heavy atom. The summed E-state index contributed by atoms with van der Waals surface area (Å²) in [5.74, 6) is 1.29. The largest absolute Gasteiger partial charge is 0.332 e. The molecule has 2 saturated heterocycles. The lowest BCUT2D eigenvalue weighted by atomic mass is 10.0. The van der Waals surface area contributed by atoms with Crippen LogP contribution in [0.2, 0.25) is 0 Å².